The van der Waals surface area contributed by atoms with Gasteiger partial charge >= 0.3 is 0 Å². The van der Waals surface area contributed by atoms with Gasteiger partial charge in [-0.05, 0) is 75.8 Å². The predicted octanol–water partition coefficient (Wildman–Crippen LogP) is 5.21. The third kappa shape index (κ3) is 4.69. The number of ether oxygens (including phenoxy) is 1. The normalized spacial score (nSPS) is 11.9. The molecule has 0 N–H and O–H groups in total. The highest BCUT2D eigenvalue weighted by Crippen LogP contribution is 2.30. The van der Waals surface area contributed by atoms with Crippen molar-refractivity contribution >= 4 is 5.65 Å². The van der Waals surface area contributed by atoms with Gasteiger partial charge in [0.25, 0.3) is 0 Å². The summed E-state index contributed by atoms with van der Waals surface area (Å²) in [6.07, 6.45) is 5.68. The van der Waals surface area contributed by atoms with E-state index in [-0.39, 0.29) is 5.60 Å². The lowest BCUT2D eigenvalue weighted by atomic mass is 10.0. The van der Waals surface area contributed by atoms with Crippen LogP contribution in [0.25, 0.3) is 16.9 Å². The highest BCUT2D eigenvalue weighted by molar-refractivity contribution is 5.68. The van der Waals surface area contributed by atoms with Crippen LogP contribution in [0.3, 0.4) is 0 Å². The van der Waals surface area contributed by atoms with Crippen molar-refractivity contribution in [1.82, 2.24) is 19.3 Å². The van der Waals surface area contributed by atoms with Crippen molar-refractivity contribution in [1.29, 1.82) is 0 Å². The summed E-state index contributed by atoms with van der Waals surface area (Å²) in [6.45, 7) is 7.76. The summed E-state index contributed by atoms with van der Waals surface area (Å²) >= 11 is 0. The van der Waals surface area contributed by atoms with E-state index in [1.54, 1.807) is 0 Å². The molecule has 4 aromatic rings. The Balaban J connectivity index is 1.71. The minimum Gasteiger partial charge on any atom is -0.488 e. The van der Waals surface area contributed by atoms with Crippen LogP contribution in [0.1, 0.15) is 32.0 Å². The Bertz CT molecular complexity index is 1130. The molecule has 0 saturated heterocycles. The van der Waals surface area contributed by atoms with Crippen LogP contribution in [0, 0.1) is 0 Å². The van der Waals surface area contributed by atoms with E-state index in [4.69, 9.17) is 4.74 Å². The summed E-state index contributed by atoms with van der Waals surface area (Å²) < 4.78 is 8.28. The highest BCUT2D eigenvalue weighted by Gasteiger charge is 2.16. The minimum absolute atomic E-state index is 0.247. The van der Waals surface area contributed by atoms with Gasteiger partial charge in [0.05, 0.1) is 11.4 Å². The predicted molar refractivity (Wildman–Crippen MR) is 120 cm³/mol. The Morgan fingerprint density at radius 3 is 2.57 bits per heavy atom. The summed E-state index contributed by atoms with van der Waals surface area (Å²) in [5, 5.41) is 0. The van der Waals surface area contributed by atoms with Crippen LogP contribution in [0.4, 0.5) is 0 Å². The lowest BCUT2D eigenvalue weighted by Gasteiger charge is -2.24. The van der Waals surface area contributed by atoms with E-state index < -0.39 is 0 Å². The molecule has 0 saturated carbocycles. The van der Waals surface area contributed by atoms with Gasteiger partial charge in [-0.25, -0.2) is 4.98 Å². The highest BCUT2D eigenvalue weighted by atomic mass is 16.5. The first-order valence-corrected chi connectivity index (χ1v) is 10.2. The summed E-state index contributed by atoms with van der Waals surface area (Å²) in [5.74, 6) is 0.880. The lowest BCUT2D eigenvalue weighted by molar-refractivity contribution is 0.130. The fraction of sp³-hybridized carbons (Fsp3) is 0.280. The van der Waals surface area contributed by atoms with Gasteiger partial charge in [-0.2, -0.15) is 0 Å². The second-order valence-electron chi connectivity index (χ2n) is 8.59. The molecule has 154 valence electrons. The molecule has 0 radical (unpaired) electrons. The van der Waals surface area contributed by atoms with E-state index in [0.717, 1.165) is 35.9 Å². The summed E-state index contributed by atoms with van der Waals surface area (Å²) in [5.41, 5.74) is 5.25. The second kappa shape index (κ2) is 8.28. The number of benzene rings is 1. The number of hydrogen-bond donors (Lipinski definition) is 0. The Morgan fingerprint density at radius 1 is 0.933 bits per heavy atom. The Labute approximate surface area is 178 Å². The molecule has 3 aromatic heterocycles. The van der Waals surface area contributed by atoms with Crippen LogP contribution < -0.4 is 4.74 Å². The number of pyridine rings is 2. The monoisotopic (exact) mass is 400 g/mol. The van der Waals surface area contributed by atoms with E-state index in [1.165, 1.54) is 11.1 Å². The van der Waals surface area contributed by atoms with E-state index in [2.05, 4.69) is 83.5 Å². The molecule has 0 unspecified atom stereocenters. The average Bonchev–Trinajstić information content (AvgIpc) is 3.17. The first-order valence-electron chi connectivity index (χ1n) is 10.2. The largest absolute Gasteiger partial charge is 0.488 e. The van der Waals surface area contributed by atoms with Crippen molar-refractivity contribution in [3.8, 4) is 17.0 Å². The Morgan fingerprint density at radius 2 is 1.80 bits per heavy atom. The first kappa shape index (κ1) is 20.1. The molecular formula is C25H28N4O. The van der Waals surface area contributed by atoms with Gasteiger partial charge in [-0.15, -0.1) is 0 Å². The molecule has 3 heterocycles. The number of imidazole rings is 1. The van der Waals surface area contributed by atoms with Crippen molar-refractivity contribution < 1.29 is 4.74 Å². The second-order valence-corrected chi connectivity index (χ2v) is 8.59. The molecule has 0 aliphatic heterocycles. The molecule has 1 aromatic carbocycles. The van der Waals surface area contributed by atoms with Crippen molar-refractivity contribution in [3.63, 3.8) is 0 Å². The van der Waals surface area contributed by atoms with Crippen LogP contribution >= 0.6 is 0 Å². The first-order chi connectivity index (χ1) is 14.4. The van der Waals surface area contributed by atoms with Crippen LogP contribution in [-0.2, 0) is 13.1 Å². The van der Waals surface area contributed by atoms with Gasteiger partial charge in [-0.1, -0.05) is 12.1 Å². The minimum atomic E-state index is -0.247. The number of hydrogen-bond acceptors (Lipinski definition) is 4. The number of aromatic nitrogens is 3. The van der Waals surface area contributed by atoms with E-state index >= 15 is 0 Å². The Hall–Kier alpha value is -3.18. The van der Waals surface area contributed by atoms with Gasteiger partial charge in [0.15, 0.2) is 0 Å². The van der Waals surface area contributed by atoms with Gasteiger partial charge < -0.3 is 4.74 Å². The van der Waals surface area contributed by atoms with E-state index in [0.29, 0.717) is 0 Å². The molecule has 0 aliphatic rings. The van der Waals surface area contributed by atoms with Crippen LogP contribution in [0.2, 0.25) is 0 Å². The van der Waals surface area contributed by atoms with Crippen molar-refractivity contribution in [2.75, 3.05) is 7.05 Å². The number of fused-ring (bicyclic) bond motifs is 1. The SMILES string of the molecule is CN(Cc1ccccn1)Cc1cc(OC(C)(C)C)ccc1-c1cccc2nccn12. The lowest BCUT2D eigenvalue weighted by Crippen LogP contribution is -2.23. The molecule has 0 fully saturated rings. The fourth-order valence-electron chi connectivity index (χ4n) is 3.65. The summed E-state index contributed by atoms with van der Waals surface area (Å²) in [4.78, 5) is 11.2. The molecule has 5 nitrogen and oxygen atoms in total. The van der Waals surface area contributed by atoms with Crippen molar-refractivity contribution in [2.24, 2.45) is 0 Å². The molecule has 30 heavy (non-hydrogen) atoms. The molecule has 0 aliphatic carbocycles. The average molecular weight is 401 g/mol. The Kier molecular flexibility index (Phi) is 5.55. The molecule has 0 amide bonds. The maximum Gasteiger partial charge on any atom is 0.137 e. The topological polar surface area (TPSA) is 42.7 Å². The zero-order chi connectivity index (χ0) is 21.1. The summed E-state index contributed by atoms with van der Waals surface area (Å²) in [6, 6.07) is 18.6. The van der Waals surface area contributed by atoms with Gasteiger partial charge in [0.2, 0.25) is 0 Å². The third-order valence-corrected chi connectivity index (χ3v) is 4.80. The van der Waals surface area contributed by atoms with E-state index in [9.17, 15) is 0 Å². The molecule has 4 rings (SSSR count). The quantitative estimate of drug-likeness (QED) is 0.446. The molecule has 0 atom stereocenters. The van der Waals surface area contributed by atoms with Crippen molar-refractivity contribution in [3.05, 3.63) is 84.4 Å². The fourth-order valence-corrected chi connectivity index (χ4v) is 3.65. The molecule has 0 bridgehead atoms. The van der Waals surface area contributed by atoms with Crippen LogP contribution in [-0.4, -0.2) is 31.9 Å². The maximum atomic E-state index is 6.16. The molecule has 0 spiro atoms. The zero-order valence-corrected chi connectivity index (χ0v) is 18.0. The third-order valence-electron chi connectivity index (χ3n) is 4.80. The summed E-state index contributed by atoms with van der Waals surface area (Å²) in [7, 11) is 2.12. The maximum absolute atomic E-state index is 6.16. The van der Waals surface area contributed by atoms with Crippen LogP contribution in [0.5, 0.6) is 5.75 Å². The van der Waals surface area contributed by atoms with E-state index in [1.807, 2.05) is 36.8 Å². The zero-order valence-electron chi connectivity index (χ0n) is 18.0. The molecular weight excluding hydrogens is 372 g/mol. The number of rotatable bonds is 6. The smallest absolute Gasteiger partial charge is 0.137 e. The van der Waals surface area contributed by atoms with Crippen molar-refractivity contribution in [2.45, 2.75) is 39.5 Å². The molecule has 5 heteroatoms. The number of nitrogens with zero attached hydrogens (tertiary/aromatic N) is 4. The van der Waals surface area contributed by atoms with Crippen LogP contribution in [0.15, 0.2) is 73.2 Å². The van der Waals surface area contributed by atoms with Gasteiger partial charge in [0, 0.05) is 37.2 Å². The van der Waals surface area contributed by atoms with Gasteiger partial charge in [-0.3, -0.25) is 14.3 Å². The standard InChI is InChI=1S/C25H28N4O/c1-25(2,3)30-21-11-12-22(23-9-7-10-24-27-14-15-29(23)24)19(16-21)17-28(4)18-20-8-5-6-13-26-20/h5-16H,17-18H2,1-4H3. The van der Waals surface area contributed by atoms with Gasteiger partial charge in [0.1, 0.15) is 17.0 Å².